The molecule has 2 heteroatoms. The van der Waals surface area contributed by atoms with Crippen LogP contribution < -0.4 is 0 Å². The second-order valence-corrected chi connectivity index (χ2v) is 4.62. The Morgan fingerprint density at radius 2 is 2.36 bits per heavy atom. The molecule has 0 saturated heterocycles. The van der Waals surface area contributed by atoms with Crippen LogP contribution in [0.5, 0.6) is 0 Å². The van der Waals surface area contributed by atoms with E-state index in [1.807, 2.05) is 11.3 Å². The van der Waals surface area contributed by atoms with Crippen molar-refractivity contribution in [2.75, 3.05) is 0 Å². The van der Waals surface area contributed by atoms with Crippen LogP contribution in [0.15, 0.2) is 0 Å². The van der Waals surface area contributed by atoms with Gasteiger partial charge in [0, 0.05) is 4.88 Å². The predicted octanol–water partition coefficient (Wildman–Crippen LogP) is 2.89. The van der Waals surface area contributed by atoms with Crippen molar-refractivity contribution in [2.45, 2.75) is 39.0 Å². The maximum Gasteiger partial charge on any atom is 0.0900 e. The van der Waals surface area contributed by atoms with Crippen molar-refractivity contribution in [2.24, 2.45) is 0 Å². The summed E-state index contributed by atoms with van der Waals surface area (Å²) >= 11 is 1.88. The second kappa shape index (κ2) is 2.59. The van der Waals surface area contributed by atoms with Crippen molar-refractivity contribution in [3.63, 3.8) is 0 Å². The second-order valence-electron chi connectivity index (χ2n) is 3.33. The highest BCUT2D eigenvalue weighted by Crippen LogP contribution is 2.33. The maximum atomic E-state index is 4.55. The number of fused-ring (bicyclic) bond motifs is 1. The van der Waals surface area contributed by atoms with E-state index in [1.165, 1.54) is 30.0 Å². The number of rotatable bonds is 0. The van der Waals surface area contributed by atoms with E-state index in [0.29, 0.717) is 5.92 Å². The lowest BCUT2D eigenvalue weighted by Gasteiger charge is -2.15. The lowest BCUT2D eigenvalue weighted by molar-refractivity contribution is 0.583. The van der Waals surface area contributed by atoms with E-state index < -0.39 is 0 Å². The smallest absolute Gasteiger partial charge is 0.0900 e. The largest absolute Gasteiger partial charge is 0.246 e. The van der Waals surface area contributed by atoms with Gasteiger partial charge in [0.2, 0.25) is 0 Å². The summed E-state index contributed by atoms with van der Waals surface area (Å²) in [6, 6.07) is 0. The van der Waals surface area contributed by atoms with Gasteiger partial charge in [0.1, 0.15) is 0 Å². The number of nitrogens with zero attached hydrogens (tertiary/aromatic N) is 1. The molecule has 1 heterocycles. The molecule has 0 saturated carbocycles. The molecule has 0 unspecified atom stereocenters. The average Bonchev–Trinajstić information content (AvgIpc) is 2.31. The van der Waals surface area contributed by atoms with Crippen LogP contribution in [0.3, 0.4) is 0 Å². The van der Waals surface area contributed by atoms with Crippen LogP contribution in [-0.2, 0) is 6.42 Å². The van der Waals surface area contributed by atoms with Crippen LogP contribution in [0.25, 0.3) is 0 Å². The zero-order valence-electron chi connectivity index (χ0n) is 7.05. The Bertz CT molecular complexity index is 265. The molecule has 1 aliphatic rings. The van der Waals surface area contributed by atoms with E-state index in [-0.39, 0.29) is 0 Å². The molecule has 1 aliphatic carbocycles. The molecular formula is C9H13NS. The van der Waals surface area contributed by atoms with Crippen LogP contribution in [0.4, 0.5) is 0 Å². The summed E-state index contributed by atoms with van der Waals surface area (Å²) in [6.45, 7) is 4.40. The van der Waals surface area contributed by atoms with E-state index in [0.717, 1.165) is 0 Å². The van der Waals surface area contributed by atoms with Gasteiger partial charge in [-0.05, 0) is 32.1 Å². The Hall–Kier alpha value is -0.370. The highest BCUT2D eigenvalue weighted by atomic mass is 32.1. The fourth-order valence-corrected chi connectivity index (χ4v) is 2.85. The molecule has 1 aromatic heterocycles. The van der Waals surface area contributed by atoms with E-state index in [4.69, 9.17) is 0 Å². The highest BCUT2D eigenvalue weighted by molar-refractivity contribution is 7.11. The number of thiazole rings is 1. The minimum absolute atomic E-state index is 0.712. The molecule has 0 radical (unpaired) electrons. The first-order chi connectivity index (χ1) is 5.27. The van der Waals surface area contributed by atoms with Crippen LogP contribution in [-0.4, -0.2) is 4.98 Å². The summed E-state index contributed by atoms with van der Waals surface area (Å²) in [7, 11) is 0. The molecule has 2 rings (SSSR count). The summed E-state index contributed by atoms with van der Waals surface area (Å²) in [5, 5.41) is 1.24. The average molecular weight is 167 g/mol. The van der Waals surface area contributed by atoms with Gasteiger partial charge >= 0.3 is 0 Å². The molecule has 60 valence electrons. The van der Waals surface area contributed by atoms with Gasteiger partial charge in [0.05, 0.1) is 10.7 Å². The summed E-state index contributed by atoms with van der Waals surface area (Å²) < 4.78 is 0. The highest BCUT2D eigenvalue weighted by Gasteiger charge is 2.19. The molecule has 1 atom stereocenters. The van der Waals surface area contributed by atoms with Crippen molar-refractivity contribution in [3.05, 3.63) is 15.6 Å². The van der Waals surface area contributed by atoms with E-state index >= 15 is 0 Å². The van der Waals surface area contributed by atoms with E-state index in [1.54, 1.807) is 4.88 Å². The molecule has 0 aromatic carbocycles. The molecule has 0 amide bonds. The van der Waals surface area contributed by atoms with Crippen LogP contribution in [0, 0.1) is 6.92 Å². The molecule has 11 heavy (non-hydrogen) atoms. The topological polar surface area (TPSA) is 12.9 Å². The number of hydrogen-bond donors (Lipinski definition) is 0. The van der Waals surface area contributed by atoms with Gasteiger partial charge in [-0.1, -0.05) is 6.92 Å². The minimum Gasteiger partial charge on any atom is -0.246 e. The first-order valence-corrected chi connectivity index (χ1v) is 5.05. The lowest BCUT2D eigenvalue weighted by Crippen LogP contribution is -2.04. The van der Waals surface area contributed by atoms with Gasteiger partial charge in [-0.3, -0.25) is 0 Å². The quantitative estimate of drug-likeness (QED) is 0.579. The Labute approximate surface area is 71.5 Å². The molecular weight excluding hydrogens is 154 g/mol. The SMILES string of the molecule is Cc1nc2c(s1)CCC[C@@H]2C. The normalized spacial score (nSPS) is 23.3. The molecule has 0 spiro atoms. The molecule has 0 aliphatic heterocycles. The van der Waals surface area contributed by atoms with E-state index in [9.17, 15) is 0 Å². The first kappa shape index (κ1) is 7.29. The Morgan fingerprint density at radius 1 is 1.55 bits per heavy atom. The first-order valence-electron chi connectivity index (χ1n) is 4.23. The number of aryl methyl sites for hydroxylation is 2. The molecule has 0 fully saturated rings. The third-order valence-electron chi connectivity index (χ3n) is 2.34. The predicted molar refractivity (Wildman–Crippen MR) is 48.2 cm³/mol. The Morgan fingerprint density at radius 3 is 3.09 bits per heavy atom. The summed E-state index contributed by atoms with van der Waals surface area (Å²) in [6.07, 6.45) is 3.96. The fraction of sp³-hybridized carbons (Fsp3) is 0.667. The fourth-order valence-electron chi connectivity index (χ4n) is 1.76. The van der Waals surface area contributed by atoms with Gasteiger partial charge in [0.25, 0.3) is 0 Å². The Balaban J connectivity index is 2.43. The zero-order chi connectivity index (χ0) is 7.84. The number of hydrogen-bond acceptors (Lipinski definition) is 2. The van der Waals surface area contributed by atoms with E-state index in [2.05, 4.69) is 18.8 Å². The van der Waals surface area contributed by atoms with Gasteiger partial charge in [-0.25, -0.2) is 4.98 Å². The summed E-state index contributed by atoms with van der Waals surface area (Å²) in [5.74, 6) is 0.712. The van der Waals surface area contributed by atoms with Gasteiger partial charge in [0.15, 0.2) is 0 Å². The van der Waals surface area contributed by atoms with Crippen LogP contribution >= 0.6 is 11.3 Å². The summed E-state index contributed by atoms with van der Waals surface area (Å²) in [4.78, 5) is 6.09. The molecule has 0 N–H and O–H groups in total. The van der Waals surface area contributed by atoms with Crippen molar-refractivity contribution >= 4 is 11.3 Å². The lowest BCUT2D eigenvalue weighted by atomic mass is 9.93. The Kier molecular flexibility index (Phi) is 1.72. The van der Waals surface area contributed by atoms with Crippen molar-refractivity contribution < 1.29 is 0 Å². The monoisotopic (exact) mass is 167 g/mol. The number of aromatic nitrogens is 1. The minimum atomic E-state index is 0.712. The summed E-state index contributed by atoms with van der Waals surface area (Å²) in [5.41, 5.74) is 1.39. The maximum absolute atomic E-state index is 4.55. The van der Waals surface area contributed by atoms with Gasteiger partial charge < -0.3 is 0 Å². The zero-order valence-corrected chi connectivity index (χ0v) is 7.87. The van der Waals surface area contributed by atoms with Crippen molar-refractivity contribution in [1.82, 2.24) is 4.98 Å². The molecule has 1 nitrogen and oxygen atoms in total. The van der Waals surface area contributed by atoms with Gasteiger partial charge in [-0.15, -0.1) is 11.3 Å². The third-order valence-corrected chi connectivity index (χ3v) is 3.39. The molecule has 0 bridgehead atoms. The van der Waals surface area contributed by atoms with Crippen molar-refractivity contribution in [3.8, 4) is 0 Å². The van der Waals surface area contributed by atoms with Crippen LogP contribution in [0.1, 0.15) is 41.3 Å². The van der Waals surface area contributed by atoms with Crippen molar-refractivity contribution in [1.29, 1.82) is 0 Å². The standard InChI is InChI=1S/C9H13NS/c1-6-4-3-5-8-9(6)10-7(2)11-8/h6H,3-5H2,1-2H3/t6-/m0/s1. The van der Waals surface area contributed by atoms with Crippen LogP contribution in [0.2, 0.25) is 0 Å². The third kappa shape index (κ3) is 1.20. The molecule has 1 aromatic rings. The van der Waals surface area contributed by atoms with Gasteiger partial charge in [-0.2, -0.15) is 0 Å².